The summed E-state index contributed by atoms with van der Waals surface area (Å²) in [7, 11) is 1.71. The Kier molecular flexibility index (Phi) is 8.13. The molecule has 1 aromatic heterocycles. The van der Waals surface area contributed by atoms with Crippen LogP contribution in [0.4, 0.5) is 0 Å². The van der Waals surface area contributed by atoms with Gasteiger partial charge in [-0.2, -0.15) is 0 Å². The quantitative estimate of drug-likeness (QED) is 0.482. The molecule has 1 fully saturated rings. The second-order valence-electron chi connectivity index (χ2n) is 9.13. The van der Waals surface area contributed by atoms with E-state index >= 15 is 0 Å². The Labute approximate surface area is 192 Å². The molecule has 0 spiro atoms. The minimum Gasteiger partial charge on any atom is -0.497 e. The van der Waals surface area contributed by atoms with Crippen molar-refractivity contribution in [2.75, 3.05) is 33.4 Å². The van der Waals surface area contributed by atoms with E-state index in [1.54, 1.807) is 7.11 Å². The molecule has 4 heteroatoms. The van der Waals surface area contributed by atoms with E-state index in [2.05, 4.69) is 52.3 Å². The normalized spacial score (nSPS) is 19.3. The maximum absolute atomic E-state index is 10.0. The molecule has 0 aliphatic carbocycles. The number of benzene rings is 2. The lowest BCUT2D eigenvalue weighted by molar-refractivity contribution is 0.0669. The molecular weight excluding hydrogens is 396 g/mol. The van der Waals surface area contributed by atoms with Gasteiger partial charge in [0, 0.05) is 24.7 Å². The number of likely N-dealkylation sites (tertiary alicyclic amines) is 1. The van der Waals surface area contributed by atoms with Crippen LogP contribution in [0.15, 0.2) is 60.8 Å². The monoisotopic (exact) mass is 432 g/mol. The largest absolute Gasteiger partial charge is 0.497 e. The summed E-state index contributed by atoms with van der Waals surface area (Å²) in [6, 6.07) is 19.0. The maximum Gasteiger partial charge on any atom is 0.119 e. The summed E-state index contributed by atoms with van der Waals surface area (Å²) in [5.74, 6) is 1.90. The molecule has 4 nitrogen and oxygen atoms in total. The molecule has 0 unspecified atom stereocenters. The highest BCUT2D eigenvalue weighted by Gasteiger charge is 2.28. The Morgan fingerprint density at radius 1 is 1.03 bits per heavy atom. The molecule has 1 aliphatic rings. The Bertz CT molecular complexity index is 976. The SMILES string of the molecule is COc1ccc2nccc(CCC[C@@H]3CCN(CCCc4ccccc4)C[C@@H]3CO)c2c1. The van der Waals surface area contributed by atoms with E-state index in [9.17, 15) is 5.11 Å². The van der Waals surface area contributed by atoms with E-state index < -0.39 is 0 Å². The predicted octanol–water partition coefficient (Wildman–Crippen LogP) is 5.13. The molecule has 0 saturated carbocycles. The number of pyridine rings is 1. The molecular formula is C28H36N2O2. The molecule has 1 N–H and O–H groups in total. The minimum absolute atomic E-state index is 0.301. The number of aryl methyl sites for hydroxylation is 2. The lowest BCUT2D eigenvalue weighted by Crippen LogP contribution is -2.42. The van der Waals surface area contributed by atoms with Gasteiger partial charge in [0.15, 0.2) is 0 Å². The topological polar surface area (TPSA) is 45.6 Å². The summed E-state index contributed by atoms with van der Waals surface area (Å²) < 4.78 is 5.41. The predicted molar refractivity (Wildman–Crippen MR) is 131 cm³/mol. The summed E-state index contributed by atoms with van der Waals surface area (Å²) in [4.78, 5) is 7.06. The molecule has 1 saturated heterocycles. The fraction of sp³-hybridized carbons (Fsp3) is 0.464. The van der Waals surface area contributed by atoms with Crippen LogP contribution in [0.3, 0.4) is 0 Å². The third-order valence-electron chi connectivity index (χ3n) is 7.05. The van der Waals surface area contributed by atoms with E-state index in [0.29, 0.717) is 18.4 Å². The molecule has 3 aromatic rings. The van der Waals surface area contributed by atoms with Crippen molar-refractivity contribution < 1.29 is 9.84 Å². The van der Waals surface area contributed by atoms with Gasteiger partial charge in [0.05, 0.1) is 12.6 Å². The number of aliphatic hydroxyl groups is 1. The highest BCUT2D eigenvalue weighted by atomic mass is 16.5. The van der Waals surface area contributed by atoms with Crippen LogP contribution in [-0.4, -0.2) is 48.3 Å². The van der Waals surface area contributed by atoms with Crippen molar-refractivity contribution in [3.8, 4) is 5.75 Å². The van der Waals surface area contributed by atoms with Gasteiger partial charge in [0.2, 0.25) is 0 Å². The van der Waals surface area contributed by atoms with E-state index in [-0.39, 0.29) is 0 Å². The molecule has 4 rings (SSSR count). The van der Waals surface area contributed by atoms with Gasteiger partial charge in [-0.25, -0.2) is 0 Å². The van der Waals surface area contributed by atoms with Crippen molar-refractivity contribution in [3.63, 3.8) is 0 Å². The van der Waals surface area contributed by atoms with Crippen molar-refractivity contribution in [2.24, 2.45) is 11.8 Å². The van der Waals surface area contributed by atoms with Crippen LogP contribution in [0.2, 0.25) is 0 Å². The number of nitrogens with zero attached hydrogens (tertiary/aromatic N) is 2. The van der Waals surface area contributed by atoms with Gasteiger partial charge in [-0.3, -0.25) is 4.98 Å². The third kappa shape index (κ3) is 5.87. The number of aliphatic hydroxyl groups excluding tert-OH is 1. The van der Waals surface area contributed by atoms with Gasteiger partial charge in [0.1, 0.15) is 5.75 Å². The molecule has 2 aromatic carbocycles. The Hall–Kier alpha value is -2.43. The van der Waals surface area contributed by atoms with E-state index in [0.717, 1.165) is 50.2 Å². The first-order valence-corrected chi connectivity index (χ1v) is 12.1. The fourth-order valence-corrected chi connectivity index (χ4v) is 5.18. The van der Waals surface area contributed by atoms with Crippen LogP contribution in [0, 0.1) is 11.8 Å². The maximum atomic E-state index is 10.0. The zero-order valence-corrected chi connectivity index (χ0v) is 19.2. The molecule has 0 bridgehead atoms. The zero-order chi connectivity index (χ0) is 22.2. The Morgan fingerprint density at radius 3 is 2.72 bits per heavy atom. The number of hydrogen-bond donors (Lipinski definition) is 1. The first-order valence-electron chi connectivity index (χ1n) is 12.1. The second kappa shape index (κ2) is 11.4. The smallest absolute Gasteiger partial charge is 0.119 e. The molecule has 1 aliphatic heterocycles. The number of rotatable bonds is 10. The van der Waals surface area contributed by atoms with Crippen molar-refractivity contribution >= 4 is 10.9 Å². The molecule has 0 radical (unpaired) electrons. The molecule has 2 atom stereocenters. The van der Waals surface area contributed by atoms with Crippen molar-refractivity contribution in [1.29, 1.82) is 0 Å². The number of fused-ring (bicyclic) bond motifs is 1. The van der Waals surface area contributed by atoms with Crippen LogP contribution in [-0.2, 0) is 12.8 Å². The lowest BCUT2D eigenvalue weighted by Gasteiger charge is -2.38. The number of methoxy groups -OCH3 is 1. The van der Waals surface area contributed by atoms with Crippen LogP contribution in [0.25, 0.3) is 10.9 Å². The molecule has 170 valence electrons. The summed E-state index contributed by atoms with van der Waals surface area (Å²) in [5.41, 5.74) is 3.79. The first-order chi connectivity index (χ1) is 15.8. The number of piperidine rings is 1. The summed E-state index contributed by atoms with van der Waals surface area (Å²) in [5, 5.41) is 11.2. The van der Waals surface area contributed by atoms with Gasteiger partial charge in [0.25, 0.3) is 0 Å². The average molecular weight is 433 g/mol. The molecule has 2 heterocycles. The van der Waals surface area contributed by atoms with Gasteiger partial charge in [-0.05, 0) is 98.8 Å². The van der Waals surface area contributed by atoms with Crippen LogP contribution >= 0.6 is 0 Å². The Balaban J connectivity index is 1.26. The number of hydrogen-bond acceptors (Lipinski definition) is 4. The van der Waals surface area contributed by atoms with Gasteiger partial charge in [-0.1, -0.05) is 30.3 Å². The highest BCUT2D eigenvalue weighted by molar-refractivity contribution is 5.83. The van der Waals surface area contributed by atoms with Gasteiger partial charge >= 0.3 is 0 Å². The van der Waals surface area contributed by atoms with Gasteiger partial charge in [-0.15, -0.1) is 0 Å². The summed E-state index contributed by atoms with van der Waals surface area (Å²) >= 11 is 0. The van der Waals surface area contributed by atoms with Gasteiger partial charge < -0.3 is 14.7 Å². The first kappa shape index (κ1) is 22.8. The van der Waals surface area contributed by atoms with Crippen molar-refractivity contribution in [2.45, 2.75) is 38.5 Å². The minimum atomic E-state index is 0.301. The number of ether oxygens (including phenoxy) is 1. The van der Waals surface area contributed by atoms with E-state index in [1.807, 2.05) is 18.3 Å². The molecule has 0 amide bonds. The Morgan fingerprint density at radius 2 is 1.91 bits per heavy atom. The average Bonchev–Trinajstić information content (AvgIpc) is 2.85. The standard InChI is InChI=1S/C28H36N2O2/c1-32-26-12-13-28-27(19-26)24(14-16-29-28)11-5-10-23-15-18-30(20-25(23)21-31)17-6-9-22-7-3-2-4-8-22/h2-4,7-8,12-14,16,19,23,25,31H,5-6,9-11,15,17-18,20-21H2,1H3/t23-,25-/m1/s1. The highest BCUT2D eigenvalue weighted by Crippen LogP contribution is 2.29. The van der Waals surface area contributed by atoms with Crippen LogP contribution < -0.4 is 4.74 Å². The summed E-state index contributed by atoms with van der Waals surface area (Å²) in [6.45, 7) is 3.62. The van der Waals surface area contributed by atoms with Crippen molar-refractivity contribution in [3.05, 3.63) is 71.9 Å². The summed E-state index contributed by atoms with van der Waals surface area (Å²) in [6.07, 6.45) is 8.79. The third-order valence-corrected chi connectivity index (χ3v) is 7.05. The zero-order valence-electron chi connectivity index (χ0n) is 19.2. The lowest BCUT2D eigenvalue weighted by atomic mass is 9.82. The van der Waals surface area contributed by atoms with Crippen LogP contribution in [0.1, 0.15) is 36.8 Å². The second-order valence-corrected chi connectivity index (χ2v) is 9.13. The van der Waals surface area contributed by atoms with E-state index in [4.69, 9.17) is 4.74 Å². The fourth-order valence-electron chi connectivity index (χ4n) is 5.18. The van der Waals surface area contributed by atoms with Crippen molar-refractivity contribution in [1.82, 2.24) is 9.88 Å². The van der Waals surface area contributed by atoms with Crippen LogP contribution in [0.5, 0.6) is 5.75 Å². The molecule has 32 heavy (non-hydrogen) atoms. The van der Waals surface area contributed by atoms with E-state index in [1.165, 1.54) is 35.8 Å². The number of aromatic nitrogens is 1.